The summed E-state index contributed by atoms with van der Waals surface area (Å²) in [4.78, 5) is 5.11. The van der Waals surface area contributed by atoms with Crippen molar-refractivity contribution in [2.75, 3.05) is 0 Å². The third kappa shape index (κ3) is 4.22. The Labute approximate surface area is 164 Å². The minimum atomic E-state index is 0.00593. The van der Waals surface area contributed by atoms with Gasteiger partial charge in [0.05, 0.1) is 0 Å². The van der Waals surface area contributed by atoms with Gasteiger partial charge >= 0.3 is 6.85 Å². The first-order chi connectivity index (χ1) is 12.9. The van der Waals surface area contributed by atoms with Crippen LogP contribution in [0.5, 0.6) is 0 Å². The summed E-state index contributed by atoms with van der Waals surface area (Å²) in [6, 6.07) is 19.4. The highest BCUT2D eigenvalue weighted by Gasteiger charge is 2.26. The molecular formula is C25H28BN. The van der Waals surface area contributed by atoms with Gasteiger partial charge in [-0.2, -0.15) is 0 Å². The second-order valence-electron chi connectivity index (χ2n) is 7.72. The molecule has 0 unspecified atom stereocenters. The Morgan fingerprint density at radius 1 is 0.630 bits per heavy atom. The molecule has 3 aromatic carbocycles. The normalized spacial score (nSPS) is 11.2. The average Bonchev–Trinajstić information content (AvgIpc) is 2.58. The van der Waals surface area contributed by atoms with Gasteiger partial charge in [-0.1, -0.05) is 88.0 Å². The predicted molar refractivity (Wildman–Crippen MR) is 120 cm³/mol. The van der Waals surface area contributed by atoms with Gasteiger partial charge in [-0.3, -0.25) is 0 Å². The van der Waals surface area contributed by atoms with Gasteiger partial charge in [0, 0.05) is 6.21 Å². The molecule has 0 bridgehead atoms. The van der Waals surface area contributed by atoms with E-state index < -0.39 is 0 Å². The molecule has 0 radical (unpaired) electrons. The minimum absolute atomic E-state index is 0.00593. The van der Waals surface area contributed by atoms with Crippen molar-refractivity contribution in [1.82, 2.24) is 0 Å². The van der Waals surface area contributed by atoms with Crippen molar-refractivity contribution in [2.24, 2.45) is 4.90 Å². The molecule has 0 aliphatic heterocycles. The first-order valence-corrected chi connectivity index (χ1v) is 9.60. The van der Waals surface area contributed by atoms with Crippen LogP contribution in [-0.4, -0.2) is 13.1 Å². The molecule has 136 valence electrons. The maximum Gasteiger partial charge on any atom is 0.345 e. The lowest BCUT2D eigenvalue weighted by Gasteiger charge is -2.20. The molecule has 0 saturated carbocycles. The fourth-order valence-electron chi connectivity index (χ4n) is 4.24. The van der Waals surface area contributed by atoms with Crippen molar-refractivity contribution in [3.05, 3.63) is 93.5 Å². The van der Waals surface area contributed by atoms with E-state index in [0.29, 0.717) is 0 Å². The molecule has 3 rings (SSSR count). The van der Waals surface area contributed by atoms with Gasteiger partial charge in [-0.15, -0.1) is 0 Å². The molecule has 0 N–H and O–H groups in total. The lowest BCUT2D eigenvalue weighted by Crippen LogP contribution is -2.46. The molecule has 0 aliphatic carbocycles. The summed E-state index contributed by atoms with van der Waals surface area (Å²) in [6.45, 7) is 13.2. The second-order valence-corrected chi connectivity index (χ2v) is 7.72. The first-order valence-electron chi connectivity index (χ1n) is 9.60. The van der Waals surface area contributed by atoms with E-state index in [1.54, 1.807) is 0 Å². The lowest BCUT2D eigenvalue weighted by atomic mass is 9.47. The molecule has 3 aromatic rings. The number of hydrogen-bond acceptors (Lipinski definition) is 1. The summed E-state index contributed by atoms with van der Waals surface area (Å²) in [5.74, 6) is 0. The third-order valence-electron chi connectivity index (χ3n) is 5.20. The van der Waals surface area contributed by atoms with Gasteiger partial charge in [0.15, 0.2) is 0 Å². The fraction of sp³-hybridized carbons (Fsp3) is 0.240. The van der Waals surface area contributed by atoms with Crippen LogP contribution in [0.3, 0.4) is 0 Å². The van der Waals surface area contributed by atoms with Gasteiger partial charge in [-0.25, -0.2) is 0 Å². The van der Waals surface area contributed by atoms with Crippen LogP contribution in [0.1, 0.15) is 38.9 Å². The van der Waals surface area contributed by atoms with Gasteiger partial charge in [-0.05, 0) is 58.0 Å². The number of hydrogen-bond donors (Lipinski definition) is 0. The third-order valence-corrected chi connectivity index (χ3v) is 5.20. The van der Waals surface area contributed by atoms with Crippen LogP contribution in [0.15, 0.2) is 59.5 Å². The van der Waals surface area contributed by atoms with Crippen molar-refractivity contribution in [3.8, 4) is 0 Å². The Morgan fingerprint density at radius 3 is 1.44 bits per heavy atom. The molecule has 0 amide bonds. The molecule has 2 heteroatoms. The average molecular weight is 353 g/mol. The topological polar surface area (TPSA) is 12.4 Å². The fourth-order valence-corrected chi connectivity index (χ4v) is 4.24. The maximum atomic E-state index is 5.11. The van der Waals surface area contributed by atoms with Crippen LogP contribution in [0.25, 0.3) is 0 Å². The highest BCUT2D eigenvalue weighted by atomic mass is 14.6. The molecule has 1 nitrogen and oxygen atoms in total. The van der Waals surface area contributed by atoms with Crippen LogP contribution < -0.4 is 10.9 Å². The summed E-state index contributed by atoms with van der Waals surface area (Å²) in [6.07, 6.45) is 2.02. The van der Waals surface area contributed by atoms with E-state index in [9.17, 15) is 0 Å². The first kappa shape index (κ1) is 19.2. The van der Waals surface area contributed by atoms with E-state index in [0.717, 1.165) is 5.56 Å². The second kappa shape index (κ2) is 7.96. The zero-order chi connectivity index (χ0) is 19.6. The van der Waals surface area contributed by atoms with Crippen LogP contribution >= 0.6 is 0 Å². The highest BCUT2D eigenvalue weighted by Crippen LogP contribution is 2.13. The Hall–Kier alpha value is -2.61. The molecule has 0 aliphatic rings. The zero-order valence-electron chi connectivity index (χ0n) is 17.3. The van der Waals surface area contributed by atoms with Crippen molar-refractivity contribution in [2.45, 2.75) is 41.5 Å². The van der Waals surface area contributed by atoms with Gasteiger partial charge in [0.2, 0.25) is 0 Å². The van der Waals surface area contributed by atoms with Crippen molar-refractivity contribution >= 4 is 24.0 Å². The molecular weight excluding hydrogens is 325 g/mol. The van der Waals surface area contributed by atoms with Crippen molar-refractivity contribution in [1.29, 1.82) is 0 Å². The van der Waals surface area contributed by atoms with Gasteiger partial charge in [0.1, 0.15) is 0 Å². The van der Waals surface area contributed by atoms with Crippen LogP contribution in [0, 0.1) is 41.5 Å². The largest absolute Gasteiger partial charge is 0.345 e. The van der Waals surface area contributed by atoms with E-state index in [1.165, 1.54) is 44.3 Å². The lowest BCUT2D eigenvalue weighted by molar-refractivity contribution is 1.33. The van der Waals surface area contributed by atoms with Crippen LogP contribution in [-0.2, 0) is 0 Å². The SMILES string of the molecule is Cc1cc(C)c(B(N=Cc2ccccc2)c2c(C)cc(C)cc2C)c(C)c1. The van der Waals surface area contributed by atoms with Crippen LogP contribution in [0.4, 0.5) is 0 Å². The monoisotopic (exact) mass is 353 g/mol. The molecule has 27 heavy (non-hydrogen) atoms. The van der Waals surface area contributed by atoms with Crippen molar-refractivity contribution < 1.29 is 0 Å². The van der Waals surface area contributed by atoms with E-state index >= 15 is 0 Å². The molecule has 0 atom stereocenters. The predicted octanol–water partition coefficient (Wildman–Crippen LogP) is 4.76. The van der Waals surface area contributed by atoms with Crippen LogP contribution in [0.2, 0.25) is 0 Å². The van der Waals surface area contributed by atoms with E-state index in [2.05, 4.69) is 90.1 Å². The summed E-state index contributed by atoms with van der Waals surface area (Å²) >= 11 is 0. The Morgan fingerprint density at radius 2 is 1.04 bits per heavy atom. The van der Waals surface area contributed by atoms with Gasteiger partial charge < -0.3 is 4.90 Å². The quantitative estimate of drug-likeness (QED) is 0.474. The molecule has 0 saturated heterocycles. The Balaban J connectivity index is 2.21. The Bertz CT molecular complexity index is 883. The molecule has 0 heterocycles. The summed E-state index contributed by atoms with van der Waals surface area (Å²) in [5, 5.41) is 0. The number of nitrogens with zero attached hydrogens (tertiary/aromatic N) is 1. The van der Waals surface area contributed by atoms with Gasteiger partial charge in [0.25, 0.3) is 0 Å². The zero-order valence-corrected chi connectivity index (χ0v) is 17.3. The smallest absolute Gasteiger partial charge is 0.335 e. The highest BCUT2D eigenvalue weighted by molar-refractivity contribution is 6.85. The Kier molecular flexibility index (Phi) is 5.65. The van der Waals surface area contributed by atoms with E-state index in [1.807, 2.05) is 12.3 Å². The number of rotatable bonds is 4. The summed E-state index contributed by atoms with van der Waals surface area (Å²) in [7, 11) is 0. The minimum Gasteiger partial charge on any atom is -0.335 e. The van der Waals surface area contributed by atoms with Crippen molar-refractivity contribution in [3.63, 3.8) is 0 Å². The number of benzene rings is 3. The van der Waals surface area contributed by atoms with E-state index in [-0.39, 0.29) is 6.85 Å². The molecule has 0 spiro atoms. The molecule has 0 fully saturated rings. The standard InChI is InChI=1S/C25H28BN/c1-17-12-19(3)24(20(4)13-17)26(27-16-23-10-8-7-9-11-23)25-21(5)14-18(2)15-22(25)6/h7-16H,1-6H3. The summed E-state index contributed by atoms with van der Waals surface area (Å²) in [5.41, 5.74) is 11.6. The maximum absolute atomic E-state index is 5.11. The summed E-state index contributed by atoms with van der Waals surface area (Å²) < 4.78 is 0. The molecule has 0 aromatic heterocycles. The number of aryl methyl sites for hydroxylation is 6. The van der Waals surface area contributed by atoms with E-state index in [4.69, 9.17) is 4.90 Å².